The van der Waals surface area contributed by atoms with Crippen LogP contribution in [0.25, 0.3) is 0 Å². The Labute approximate surface area is 94.9 Å². The molecule has 2 N–H and O–H groups in total. The van der Waals surface area contributed by atoms with Crippen LogP contribution >= 0.6 is 27.3 Å². The number of hydrogen-bond acceptors (Lipinski definition) is 3. The first-order valence-electron chi connectivity index (χ1n) is 4.18. The molecule has 0 fully saturated rings. The van der Waals surface area contributed by atoms with Crippen molar-refractivity contribution in [1.29, 1.82) is 0 Å². The summed E-state index contributed by atoms with van der Waals surface area (Å²) >= 11 is 4.89. The van der Waals surface area contributed by atoms with E-state index < -0.39 is 0 Å². The van der Waals surface area contributed by atoms with Crippen LogP contribution in [0.1, 0.15) is 11.3 Å². The molecule has 0 spiro atoms. The average molecular weight is 269 g/mol. The average Bonchev–Trinajstić information content (AvgIpc) is 2.56. The van der Waals surface area contributed by atoms with E-state index in [1.54, 1.807) is 0 Å². The molecule has 72 valence electrons. The summed E-state index contributed by atoms with van der Waals surface area (Å²) in [6.07, 6.45) is 0.848. The smallest absolute Gasteiger partial charge is 0.180 e. The molecule has 14 heavy (non-hydrogen) atoms. The van der Waals surface area contributed by atoms with Crippen LogP contribution in [0.3, 0.4) is 0 Å². The van der Waals surface area contributed by atoms with Gasteiger partial charge in [-0.3, -0.25) is 0 Å². The molecule has 0 aliphatic rings. The zero-order valence-corrected chi connectivity index (χ0v) is 9.81. The summed E-state index contributed by atoms with van der Waals surface area (Å²) in [5.41, 5.74) is 7.84. The lowest BCUT2D eigenvalue weighted by atomic mass is 10.1. The molecule has 1 heterocycles. The summed E-state index contributed by atoms with van der Waals surface area (Å²) in [5.74, 6) is 0. The van der Waals surface area contributed by atoms with Gasteiger partial charge in [-0.15, -0.1) is 11.3 Å². The Balaban J connectivity index is 2.15. The second-order valence-corrected chi connectivity index (χ2v) is 4.79. The number of halogens is 1. The van der Waals surface area contributed by atoms with Crippen molar-refractivity contribution < 1.29 is 0 Å². The van der Waals surface area contributed by atoms with Gasteiger partial charge in [0.1, 0.15) is 0 Å². The second-order valence-electron chi connectivity index (χ2n) is 2.98. The van der Waals surface area contributed by atoms with E-state index in [2.05, 4.69) is 33.0 Å². The van der Waals surface area contributed by atoms with Gasteiger partial charge in [-0.25, -0.2) is 4.98 Å². The molecule has 0 radical (unpaired) electrons. The van der Waals surface area contributed by atoms with Gasteiger partial charge in [0.25, 0.3) is 0 Å². The maximum atomic E-state index is 5.56. The number of thiazole rings is 1. The van der Waals surface area contributed by atoms with Crippen LogP contribution in [0.2, 0.25) is 0 Å². The van der Waals surface area contributed by atoms with Crippen molar-refractivity contribution in [3.63, 3.8) is 0 Å². The van der Waals surface area contributed by atoms with E-state index in [-0.39, 0.29) is 0 Å². The standard InChI is InChI=1S/C10H9BrN2S/c11-8-3-1-7(2-4-8)5-9-6-14-10(12)13-9/h1-4,6H,5H2,(H2,12,13). The number of anilines is 1. The Hall–Kier alpha value is -0.870. The third kappa shape index (κ3) is 2.33. The number of hydrogen-bond donors (Lipinski definition) is 1. The molecular weight excluding hydrogens is 260 g/mol. The van der Waals surface area contributed by atoms with Crippen LogP contribution in [0.5, 0.6) is 0 Å². The van der Waals surface area contributed by atoms with Gasteiger partial charge in [0.15, 0.2) is 5.13 Å². The number of nitrogen functional groups attached to an aromatic ring is 1. The predicted molar refractivity (Wildman–Crippen MR) is 63.5 cm³/mol. The summed E-state index contributed by atoms with van der Waals surface area (Å²) in [4.78, 5) is 4.21. The number of nitrogens with zero attached hydrogens (tertiary/aromatic N) is 1. The van der Waals surface area contributed by atoms with Crippen molar-refractivity contribution in [2.45, 2.75) is 6.42 Å². The number of benzene rings is 1. The van der Waals surface area contributed by atoms with E-state index in [1.807, 2.05) is 17.5 Å². The fourth-order valence-electron chi connectivity index (χ4n) is 1.22. The topological polar surface area (TPSA) is 38.9 Å². The van der Waals surface area contributed by atoms with Gasteiger partial charge in [-0.1, -0.05) is 28.1 Å². The van der Waals surface area contributed by atoms with Gasteiger partial charge < -0.3 is 5.73 Å². The minimum absolute atomic E-state index is 0.636. The SMILES string of the molecule is Nc1nc(Cc2ccc(Br)cc2)cs1. The monoisotopic (exact) mass is 268 g/mol. The van der Waals surface area contributed by atoms with E-state index >= 15 is 0 Å². The highest BCUT2D eigenvalue weighted by Crippen LogP contribution is 2.16. The molecule has 2 nitrogen and oxygen atoms in total. The zero-order chi connectivity index (χ0) is 9.97. The molecule has 1 aromatic heterocycles. The third-order valence-electron chi connectivity index (χ3n) is 1.87. The molecule has 0 unspecified atom stereocenters. The molecule has 1 aromatic carbocycles. The van der Waals surface area contributed by atoms with Crippen molar-refractivity contribution in [2.75, 3.05) is 5.73 Å². The number of nitrogens with two attached hydrogens (primary N) is 1. The molecule has 2 aromatic rings. The van der Waals surface area contributed by atoms with Gasteiger partial charge in [0, 0.05) is 16.3 Å². The Morgan fingerprint density at radius 3 is 2.57 bits per heavy atom. The summed E-state index contributed by atoms with van der Waals surface area (Å²) in [7, 11) is 0. The Morgan fingerprint density at radius 2 is 2.00 bits per heavy atom. The first kappa shape index (κ1) is 9.68. The van der Waals surface area contributed by atoms with Gasteiger partial charge >= 0.3 is 0 Å². The minimum Gasteiger partial charge on any atom is -0.375 e. The maximum Gasteiger partial charge on any atom is 0.180 e. The molecule has 4 heteroatoms. The maximum absolute atomic E-state index is 5.56. The van der Waals surface area contributed by atoms with Crippen molar-refractivity contribution in [1.82, 2.24) is 4.98 Å². The molecule has 0 bridgehead atoms. The summed E-state index contributed by atoms with van der Waals surface area (Å²) in [5, 5.41) is 2.63. The van der Waals surface area contributed by atoms with Gasteiger partial charge in [-0.2, -0.15) is 0 Å². The van der Waals surface area contributed by atoms with Crippen molar-refractivity contribution in [3.05, 3.63) is 45.4 Å². The molecule has 0 amide bonds. The van der Waals surface area contributed by atoms with E-state index in [0.717, 1.165) is 16.6 Å². The van der Waals surface area contributed by atoms with E-state index in [0.29, 0.717) is 5.13 Å². The quantitative estimate of drug-likeness (QED) is 0.909. The molecule has 0 saturated heterocycles. The van der Waals surface area contributed by atoms with Gasteiger partial charge in [-0.05, 0) is 17.7 Å². The van der Waals surface area contributed by atoms with Crippen LogP contribution in [-0.2, 0) is 6.42 Å². The zero-order valence-electron chi connectivity index (χ0n) is 7.40. The highest BCUT2D eigenvalue weighted by molar-refractivity contribution is 9.10. The summed E-state index contributed by atoms with van der Waals surface area (Å²) < 4.78 is 1.10. The summed E-state index contributed by atoms with van der Waals surface area (Å²) in [6, 6.07) is 8.23. The van der Waals surface area contributed by atoms with E-state index in [4.69, 9.17) is 5.73 Å². The van der Waals surface area contributed by atoms with Crippen molar-refractivity contribution >= 4 is 32.4 Å². The van der Waals surface area contributed by atoms with Crippen LogP contribution in [0.15, 0.2) is 34.1 Å². The fraction of sp³-hybridized carbons (Fsp3) is 0.100. The Morgan fingerprint density at radius 1 is 1.29 bits per heavy atom. The summed E-state index contributed by atoms with van der Waals surface area (Å²) in [6.45, 7) is 0. The highest BCUT2D eigenvalue weighted by Gasteiger charge is 2.00. The first-order chi connectivity index (χ1) is 6.74. The Kier molecular flexibility index (Phi) is 2.84. The van der Waals surface area contributed by atoms with E-state index in [1.165, 1.54) is 16.9 Å². The normalized spacial score (nSPS) is 10.4. The first-order valence-corrected chi connectivity index (χ1v) is 5.85. The lowest BCUT2D eigenvalue weighted by molar-refractivity contribution is 1.11. The molecule has 0 saturated carbocycles. The van der Waals surface area contributed by atoms with E-state index in [9.17, 15) is 0 Å². The van der Waals surface area contributed by atoms with Gasteiger partial charge in [0.05, 0.1) is 5.69 Å². The van der Waals surface area contributed by atoms with Crippen LogP contribution in [-0.4, -0.2) is 4.98 Å². The third-order valence-corrected chi connectivity index (χ3v) is 3.12. The lowest BCUT2D eigenvalue weighted by Gasteiger charge is -1.97. The predicted octanol–water partition coefficient (Wildman–Crippen LogP) is 3.08. The largest absolute Gasteiger partial charge is 0.375 e. The van der Waals surface area contributed by atoms with Crippen LogP contribution in [0.4, 0.5) is 5.13 Å². The van der Waals surface area contributed by atoms with Crippen molar-refractivity contribution in [3.8, 4) is 0 Å². The molecule has 2 rings (SSSR count). The Bertz CT molecular complexity index is 422. The highest BCUT2D eigenvalue weighted by atomic mass is 79.9. The van der Waals surface area contributed by atoms with Crippen LogP contribution in [0, 0.1) is 0 Å². The minimum atomic E-state index is 0.636. The molecule has 0 atom stereocenters. The number of rotatable bonds is 2. The van der Waals surface area contributed by atoms with Crippen LogP contribution < -0.4 is 5.73 Å². The second kappa shape index (κ2) is 4.11. The van der Waals surface area contributed by atoms with Gasteiger partial charge in [0.2, 0.25) is 0 Å². The number of aromatic nitrogens is 1. The lowest BCUT2D eigenvalue weighted by Crippen LogP contribution is -1.89. The van der Waals surface area contributed by atoms with Crippen molar-refractivity contribution in [2.24, 2.45) is 0 Å². The molecule has 0 aliphatic heterocycles. The molecule has 0 aliphatic carbocycles. The molecular formula is C10H9BrN2S. The fourth-order valence-corrected chi connectivity index (χ4v) is 2.04.